The molecule has 1 saturated heterocycles. The lowest BCUT2D eigenvalue weighted by Gasteiger charge is -2.34. The van der Waals surface area contributed by atoms with Crippen LogP contribution in [-0.2, 0) is 19.1 Å². The van der Waals surface area contributed by atoms with Crippen LogP contribution < -0.4 is 10.7 Å². The lowest BCUT2D eigenvalue weighted by Crippen LogP contribution is -2.60. The first-order valence-electron chi connectivity index (χ1n) is 13.5. The number of benzene rings is 1. The van der Waals surface area contributed by atoms with Gasteiger partial charge >= 0.3 is 5.97 Å². The third-order valence-electron chi connectivity index (χ3n) is 6.67. The molecule has 0 aliphatic carbocycles. The van der Waals surface area contributed by atoms with Crippen molar-refractivity contribution in [1.82, 2.24) is 20.7 Å². The predicted molar refractivity (Wildman–Crippen MR) is 148 cm³/mol. The molecule has 1 aliphatic heterocycles. The van der Waals surface area contributed by atoms with Gasteiger partial charge in [-0.05, 0) is 56.2 Å². The van der Waals surface area contributed by atoms with Crippen LogP contribution in [0.25, 0.3) is 17.0 Å². The number of rotatable bonds is 11. The minimum atomic E-state index is -1.01. The molecule has 1 aromatic heterocycles. The maximum absolute atomic E-state index is 13.0. The Balaban J connectivity index is 1.55. The molecule has 0 bridgehead atoms. The monoisotopic (exact) mass is 540 g/mol. The summed E-state index contributed by atoms with van der Waals surface area (Å²) in [6.45, 7) is 9.70. The van der Waals surface area contributed by atoms with E-state index >= 15 is 0 Å². The van der Waals surface area contributed by atoms with E-state index in [4.69, 9.17) is 4.74 Å². The average molecular weight is 541 g/mol. The number of hydrogen-bond donors (Lipinski definition) is 4. The third kappa shape index (κ3) is 8.32. The van der Waals surface area contributed by atoms with Gasteiger partial charge in [-0.15, -0.1) is 0 Å². The van der Waals surface area contributed by atoms with Crippen molar-refractivity contribution in [3.05, 3.63) is 47.7 Å². The molecule has 2 amide bonds. The van der Waals surface area contributed by atoms with E-state index in [9.17, 15) is 24.6 Å². The first-order chi connectivity index (χ1) is 18.5. The van der Waals surface area contributed by atoms with Crippen LogP contribution in [0.5, 0.6) is 0 Å². The number of carboxylic acid groups (broad SMARTS) is 1. The normalized spacial score (nSPS) is 19.2. The number of nitrogens with zero attached hydrogens (tertiary/aromatic N) is 2. The molecule has 10 heteroatoms. The maximum Gasteiger partial charge on any atom is 0.322 e. The predicted octanol–water partition coefficient (Wildman–Crippen LogP) is 3.06. The van der Waals surface area contributed by atoms with Crippen LogP contribution >= 0.6 is 0 Å². The van der Waals surface area contributed by atoms with Crippen molar-refractivity contribution < 1.29 is 29.3 Å². The fraction of sp³-hybridized carbons (Fsp3) is 0.517. The van der Waals surface area contributed by atoms with Crippen molar-refractivity contribution >= 4 is 34.8 Å². The molecule has 2 aromatic rings. The van der Waals surface area contributed by atoms with Crippen molar-refractivity contribution in [2.24, 2.45) is 11.8 Å². The van der Waals surface area contributed by atoms with Gasteiger partial charge in [-0.2, -0.15) is 0 Å². The summed E-state index contributed by atoms with van der Waals surface area (Å²) in [5.74, 6) is -1.90. The standard InChI is InChI=1S/C29H40N4O6/c1-17(2)26(27(35)30-19(4)28(36)33-14-6-7-24(32-33)29(37)38)39-16-18(3)8-9-21-10-11-22-12-13-23(20(5)34)31-25(22)15-21/h8-13,15,17-20,24,26,32,34H,6-7,14,16H2,1-5H3,(H,30,35)(H,37,38)/b9-8+/t18?,19-,20+,24-,26-/m0/s1. The second-order valence-electron chi connectivity index (χ2n) is 10.6. The summed E-state index contributed by atoms with van der Waals surface area (Å²) in [5.41, 5.74) is 5.11. The maximum atomic E-state index is 13.0. The van der Waals surface area contributed by atoms with E-state index in [0.717, 1.165) is 16.5 Å². The van der Waals surface area contributed by atoms with Gasteiger partial charge < -0.3 is 20.3 Å². The zero-order valence-corrected chi connectivity index (χ0v) is 23.3. The van der Waals surface area contributed by atoms with Gasteiger partial charge in [0.2, 0.25) is 5.91 Å². The largest absolute Gasteiger partial charge is 0.480 e. The molecule has 1 aromatic carbocycles. The Morgan fingerprint density at radius 1 is 1.18 bits per heavy atom. The van der Waals surface area contributed by atoms with E-state index in [0.29, 0.717) is 31.7 Å². The fourth-order valence-corrected chi connectivity index (χ4v) is 4.36. The van der Waals surface area contributed by atoms with E-state index < -0.39 is 36.2 Å². The number of pyridine rings is 1. The number of aliphatic carboxylic acids is 1. The molecule has 0 spiro atoms. The van der Waals surface area contributed by atoms with Gasteiger partial charge in [0.05, 0.1) is 23.9 Å². The molecule has 3 rings (SSSR count). The Labute approximate surface area is 229 Å². The van der Waals surface area contributed by atoms with Gasteiger partial charge in [0.25, 0.3) is 5.91 Å². The van der Waals surface area contributed by atoms with Crippen molar-refractivity contribution in [2.75, 3.05) is 13.2 Å². The van der Waals surface area contributed by atoms with E-state index in [-0.39, 0.29) is 17.7 Å². The number of hydrazine groups is 1. The SMILES string of the molecule is CC(/C=C/c1ccc2ccc([C@@H](C)O)nc2c1)CO[C@H](C(=O)N[C@@H](C)C(=O)N1CCC[C@@H](C(=O)O)N1)C(C)C. The Morgan fingerprint density at radius 3 is 2.56 bits per heavy atom. The minimum Gasteiger partial charge on any atom is -0.480 e. The highest BCUT2D eigenvalue weighted by atomic mass is 16.5. The molecule has 5 atom stereocenters. The van der Waals surface area contributed by atoms with Crippen LogP contribution in [0.4, 0.5) is 0 Å². The molecule has 0 saturated carbocycles. The second-order valence-corrected chi connectivity index (χ2v) is 10.6. The van der Waals surface area contributed by atoms with E-state index in [1.54, 1.807) is 13.8 Å². The third-order valence-corrected chi connectivity index (χ3v) is 6.67. The van der Waals surface area contributed by atoms with Crippen LogP contribution in [0.1, 0.15) is 64.8 Å². The number of nitrogens with one attached hydrogen (secondary N) is 2. The van der Waals surface area contributed by atoms with Gasteiger partial charge in [0.1, 0.15) is 18.2 Å². The van der Waals surface area contributed by atoms with Gasteiger partial charge in [0.15, 0.2) is 0 Å². The smallest absolute Gasteiger partial charge is 0.322 e. The van der Waals surface area contributed by atoms with Gasteiger partial charge in [-0.3, -0.25) is 24.4 Å². The van der Waals surface area contributed by atoms with Gasteiger partial charge in [-0.1, -0.05) is 51.1 Å². The molecule has 2 heterocycles. The summed E-state index contributed by atoms with van der Waals surface area (Å²) >= 11 is 0. The number of fused-ring (bicyclic) bond motifs is 1. The first-order valence-corrected chi connectivity index (χ1v) is 13.5. The lowest BCUT2D eigenvalue weighted by atomic mass is 10.0. The summed E-state index contributed by atoms with van der Waals surface area (Å²) in [7, 11) is 0. The molecular weight excluding hydrogens is 500 g/mol. The average Bonchev–Trinajstić information content (AvgIpc) is 2.90. The fourth-order valence-electron chi connectivity index (χ4n) is 4.36. The number of hydrogen-bond acceptors (Lipinski definition) is 7. The highest BCUT2D eigenvalue weighted by Crippen LogP contribution is 2.19. The zero-order chi connectivity index (χ0) is 28.7. The van der Waals surface area contributed by atoms with Crippen LogP contribution in [0.15, 0.2) is 36.4 Å². The summed E-state index contributed by atoms with van der Waals surface area (Å²) in [6, 6.07) is 8.04. The number of carbonyl (C=O) groups excluding carboxylic acids is 2. The van der Waals surface area contributed by atoms with Gasteiger partial charge in [-0.25, -0.2) is 5.43 Å². The van der Waals surface area contributed by atoms with E-state index in [1.165, 1.54) is 5.01 Å². The number of aliphatic hydroxyl groups is 1. The highest BCUT2D eigenvalue weighted by molar-refractivity contribution is 5.89. The number of aromatic nitrogens is 1. The molecule has 1 fully saturated rings. The van der Waals surface area contributed by atoms with Crippen molar-refractivity contribution in [2.45, 2.75) is 71.8 Å². The number of carboxylic acids is 1. The summed E-state index contributed by atoms with van der Waals surface area (Å²) < 4.78 is 5.98. The molecule has 1 aliphatic rings. The Morgan fingerprint density at radius 2 is 1.90 bits per heavy atom. The van der Waals surface area contributed by atoms with Crippen LogP contribution in [-0.4, -0.2) is 69.3 Å². The second kappa shape index (κ2) is 13.6. The van der Waals surface area contributed by atoms with Crippen LogP contribution in [0, 0.1) is 11.8 Å². The minimum absolute atomic E-state index is 0.0102. The van der Waals surface area contributed by atoms with Gasteiger partial charge in [0, 0.05) is 11.9 Å². The molecule has 39 heavy (non-hydrogen) atoms. The first kappa shape index (κ1) is 30.2. The number of ether oxygens (including phenoxy) is 1. The number of carbonyl (C=O) groups is 3. The summed E-state index contributed by atoms with van der Waals surface area (Å²) in [5, 5.41) is 24.0. The molecule has 0 radical (unpaired) electrons. The summed E-state index contributed by atoms with van der Waals surface area (Å²) in [6.07, 6.45) is 3.60. The van der Waals surface area contributed by atoms with Crippen molar-refractivity contribution in [3.8, 4) is 0 Å². The zero-order valence-electron chi connectivity index (χ0n) is 23.3. The Kier molecular flexibility index (Phi) is 10.6. The van der Waals surface area contributed by atoms with Crippen molar-refractivity contribution in [3.63, 3.8) is 0 Å². The Bertz CT molecular complexity index is 1200. The molecule has 10 nitrogen and oxygen atoms in total. The highest BCUT2D eigenvalue weighted by Gasteiger charge is 2.32. The Hall–Kier alpha value is -3.34. The molecule has 212 valence electrons. The molecule has 1 unspecified atom stereocenters. The molecular formula is C29H40N4O6. The van der Waals surface area contributed by atoms with Crippen LogP contribution in [0.3, 0.4) is 0 Å². The molecule has 4 N–H and O–H groups in total. The summed E-state index contributed by atoms with van der Waals surface area (Å²) in [4.78, 5) is 41.6. The van der Waals surface area contributed by atoms with Crippen LogP contribution in [0.2, 0.25) is 0 Å². The van der Waals surface area contributed by atoms with E-state index in [2.05, 4.69) is 15.7 Å². The lowest BCUT2D eigenvalue weighted by molar-refractivity contribution is -0.149. The van der Waals surface area contributed by atoms with E-state index in [1.807, 2.05) is 63.3 Å². The number of aliphatic hydroxyl groups excluding tert-OH is 1. The van der Waals surface area contributed by atoms with Crippen molar-refractivity contribution in [1.29, 1.82) is 0 Å². The number of amides is 2. The quantitative estimate of drug-likeness (QED) is 0.341. The topological polar surface area (TPSA) is 141 Å².